The number of carbonyl (C=O) groups excluding carboxylic acids is 4. The van der Waals surface area contributed by atoms with Crippen molar-refractivity contribution in [3.05, 3.63) is 48.5 Å². The summed E-state index contributed by atoms with van der Waals surface area (Å²) < 4.78 is 9.85. The summed E-state index contributed by atoms with van der Waals surface area (Å²) in [7, 11) is 0. The van der Waals surface area contributed by atoms with Crippen LogP contribution < -0.4 is 5.32 Å². The van der Waals surface area contributed by atoms with Gasteiger partial charge in [-0.05, 0) is 44.4 Å². The molecule has 1 amide bonds. The maximum atomic E-state index is 12.6. The maximum absolute atomic E-state index is 12.6. The Morgan fingerprint density at radius 2 is 1.42 bits per heavy atom. The number of hydrogen-bond acceptors (Lipinski definition) is 7. The molecule has 1 aliphatic rings. The summed E-state index contributed by atoms with van der Waals surface area (Å²) in [5, 5.41) is 14.4. The van der Waals surface area contributed by atoms with E-state index in [0.717, 1.165) is 6.92 Å². The van der Waals surface area contributed by atoms with Crippen LogP contribution in [0.5, 0.6) is 0 Å². The first-order valence-corrected chi connectivity index (χ1v) is 12.7. The Balaban J connectivity index is 0.000000415. The van der Waals surface area contributed by atoms with E-state index in [0.29, 0.717) is 25.7 Å². The number of carboxylic acid groups (broad SMARTS) is 1. The second-order valence-corrected chi connectivity index (χ2v) is 10.3. The molecule has 0 heterocycles. The predicted molar refractivity (Wildman–Crippen MR) is 141 cm³/mol. The first-order chi connectivity index (χ1) is 17.9. The van der Waals surface area contributed by atoms with Crippen molar-refractivity contribution in [1.82, 2.24) is 5.32 Å². The van der Waals surface area contributed by atoms with Crippen LogP contribution in [0.3, 0.4) is 0 Å². The molecule has 1 fully saturated rings. The lowest BCUT2D eigenvalue weighted by Crippen LogP contribution is -2.49. The van der Waals surface area contributed by atoms with Gasteiger partial charge in [0.1, 0.15) is 11.6 Å². The van der Waals surface area contributed by atoms with Crippen molar-refractivity contribution >= 4 is 40.4 Å². The summed E-state index contributed by atoms with van der Waals surface area (Å²) in [6, 6.07) is 15.4. The van der Waals surface area contributed by atoms with Crippen LogP contribution in [0.15, 0.2) is 48.5 Å². The maximum Gasteiger partial charge on any atom is 0.308 e. The standard InChI is InChI=1S/C19H29NO8.C10H8/c1-11(21)27-10-15(22)14(9-16(23)28-19(2,3)4)20-17(24)12-7-5-6-8-13(12)18(25)26;1-2-6-10-8-4-3-7-9(10)5-1/h12-14H,5-10H2,1-4H3,(H,20,24)(H,25,26);1-8H. The van der Waals surface area contributed by atoms with Crippen LogP contribution in [0.1, 0.15) is 59.8 Å². The number of aliphatic carboxylic acids is 1. The summed E-state index contributed by atoms with van der Waals surface area (Å²) in [5.41, 5.74) is -0.775. The van der Waals surface area contributed by atoms with Crippen LogP contribution in [0.4, 0.5) is 0 Å². The van der Waals surface area contributed by atoms with E-state index in [1.54, 1.807) is 20.8 Å². The van der Waals surface area contributed by atoms with Gasteiger partial charge in [0.05, 0.1) is 18.3 Å². The van der Waals surface area contributed by atoms with E-state index in [2.05, 4.69) is 58.6 Å². The lowest BCUT2D eigenvalue weighted by Gasteiger charge is -2.29. The Kier molecular flexibility index (Phi) is 11.4. The van der Waals surface area contributed by atoms with E-state index < -0.39 is 66.1 Å². The average molecular weight is 528 g/mol. The molecule has 0 radical (unpaired) electrons. The molecule has 2 aromatic carbocycles. The van der Waals surface area contributed by atoms with E-state index in [1.807, 2.05) is 0 Å². The molecule has 3 atom stereocenters. The molecule has 38 heavy (non-hydrogen) atoms. The van der Waals surface area contributed by atoms with Crippen molar-refractivity contribution < 1.29 is 38.6 Å². The number of hydrogen-bond donors (Lipinski definition) is 2. The quantitative estimate of drug-likeness (QED) is 0.491. The average Bonchev–Trinajstić information content (AvgIpc) is 2.86. The topological polar surface area (TPSA) is 136 Å². The van der Waals surface area contributed by atoms with Crippen LogP contribution in [0, 0.1) is 11.8 Å². The highest BCUT2D eigenvalue weighted by molar-refractivity contribution is 5.95. The predicted octanol–water partition coefficient (Wildman–Crippen LogP) is 4.07. The molecule has 0 saturated heterocycles. The molecule has 3 rings (SSSR count). The van der Waals surface area contributed by atoms with Crippen LogP contribution in [0.2, 0.25) is 0 Å². The number of esters is 2. The molecular formula is C29H37NO8. The molecular weight excluding hydrogens is 490 g/mol. The zero-order valence-corrected chi connectivity index (χ0v) is 22.4. The molecule has 3 unspecified atom stereocenters. The smallest absolute Gasteiger partial charge is 0.308 e. The minimum Gasteiger partial charge on any atom is -0.481 e. The zero-order valence-electron chi connectivity index (χ0n) is 22.4. The minimum atomic E-state index is -1.27. The van der Waals surface area contributed by atoms with Crippen molar-refractivity contribution in [3.63, 3.8) is 0 Å². The van der Waals surface area contributed by atoms with Crippen molar-refractivity contribution in [1.29, 1.82) is 0 Å². The van der Waals surface area contributed by atoms with Crippen molar-refractivity contribution in [2.75, 3.05) is 6.61 Å². The molecule has 0 aliphatic heterocycles. The molecule has 0 bridgehead atoms. The highest BCUT2D eigenvalue weighted by Gasteiger charge is 2.38. The van der Waals surface area contributed by atoms with Gasteiger partial charge in [-0.25, -0.2) is 0 Å². The molecule has 9 nitrogen and oxygen atoms in total. The van der Waals surface area contributed by atoms with Crippen molar-refractivity contribution in [2.24, 2.45) is 11.8 Å². The summed E-state index contributed by atoms with van der Waals surface area (Å²) in [6.07, 6.45) is 1.76. The lowest BCUT2D eigenvalue weighted by atomic mass is 9.78. The van der Waals surface area contributed by atoms with Gasteiger partial charge in [-0.2, -0.15) is 0 Å². The Labute approximate surface area is 222 Å². The molecule has 0 spiro atoms. The second kappa shape index (κ2) is 14.3. The monoisotopic (exact) mass is 527 g/mol. The van der Waals surface area contributed by atoms with E-state index in [4.69, 9.17) is 4.74 Å². The first-order valence-electron chi connectivity index (χ1n) is 12.7. The van der Waals surface area contributed by atoms with E-state index >= 15 is 0 Å². The van der Waals surface area contributed by atoms with Crippen LogP contribution in [-0.2, 0) is 33.4 Å². The third kappa shape index (κ3) is 10.3. The van der Waals surface area contributed by atoms with Gasteiger partial charge in [-0.1, -0.05) is 61.4 Å². The molecule has 206 valence electrons. The fraction of sp³-hybridized carbons (Fsp3) is 0.483. The number of nitrogens with one attached hydrogen (secondary N) is 1. The van der Waals surface area contributed by atoms with Crippen LogP contribution in [0.25, 0.3) is 10.8 Å². The minimum absolute atomic E-state index is 0.381. The number of ether oxygens (including phenoxy) is 2. The van der Waals surface area contributed by atoms with Crippen LogP contribution in [-0.4, -0.2) is 53.0 Å². The number of amides is 1. The van der Waals surface area contributed by atoms with Crippen LogP contribution >= 0.6 is 0 Å². The highest BCUT2D eigenvalue weighted by atomic mass is 16.6. The Morgan fingerprint density at radius 3 is 1.87 bits per heavy atom. The number of benzene rings is 2. The van der Waals surface area contributed by atoms with Gasteiger partial charge in [0.2, 0.25) is 5.91 Å². The number of Topliss-reactive ketones (excluding diaryl/α,β-unsaturated/α-hetero) is 1. The fourth-order valence-electron chi connectivity index (χ4n) is 4.22. The highest BCUT2D eigenvalue weighted by Crippen LogP contribution is 2.30. The van der Waals surface area contributed by atoms with Gasteiger partial charge in [0, 0.05) is 6.92 Å². The summed E-state index contributed by atoms with van der Waals surface area (Å²) in [5.74, 6) is -5.32. The van der Waals surface area contributed by atoms with Gasteiger partial charge >= 0.3 is 17.9 Å². The number of ketones is 1. The Bertz CT molecular complexity index is 1070. The fourth-order valence-corrected chi connectivity index (χ4v) is 4.22. The van der Waals surface area contributed by atoms with E-state index in [1.165, 1.54) is 10.8 Å². The largest absolute Gasteiger partial charge is 0.481 e. The molecule has 2 aromatic rings. The third-order valence-corrected chi connectivity index (χ3v) is 5.99. The first kappa shape index (κ1) is 30.5. The van der Waals surface area contributed by atoms with E-state index in [-0.39, 0.29) is 0 Å². The van der Waals surface area contributed by atoms with E-state index in [9.17, 15) is 29.1 Å². The molecule has 2 N–H and O–H groups in total. The lowest BCUT2D eigenvalue weighted by molar-refractivity contribution is -0.157. The number of carboxylic acids is 1. The third-order valence-electron chi connectivity index (χ3n) is 5.99. The molecule has 9 heteroatoms. The summed E-state index contributed by atoms with van der Waals surface area (Å²) >= 11 is 0. The molecule has 0 aromatic heterocycles. The van der Waals surface area contributed by atoms with Gasteiger partial charge in [0.15, 0.2) is 12.4 Å². The molecule has 1 saturated carbocycles. The van der Waals surface area contributed by atoms with Gasteiger partial charge in [-0.3, -0.25) is 24.0 Å². The normalized spacial score (nSPS) is 17.8. The number of carbonyl (C=O) groups is 5. The summed E-state index contributed by atoms with van der Waals surface area (Å²) in [6.45, 7) is 5.53. The summed E-state index contributed by atoms with van der Waals surface area (Å²) in [4.78, 5) is 59.5. The number of fused-ring (bicyclic) bond motifs is 1. The van der Waals surface area contributed by atoms with Gasteiger partial charge in [-0.15, -0.1) is 0 Å². The number of rotatable bonds is 8. The second-order valence-electron chi connectivity index (χ2n) is 10.3. The van der Waals surface area contributed by atoms with Gasteiger partial charge < -0.3 is 19.9 Å². The van der Waals surface area contributed by atoms with Crippen molar-refractivity contribution in [3.8, 4) is 0 Å². The zero-order chi connectivity index (χ0) is 28.3. The van der Waals surface area contributed by atoms with Gasteiger partial charge in [0.25, 0.3) is 0 Å². The van der Waals surface area contributed by atoms with Crippen molar-refractivity contribution in [2.45, 2.75) is 71.4 Å². The SMILES string of the molecule is CC(=O)OCC(=O)C(CC(=O)OC(C)(C)C)NC(=O)C1CCCCC1C(=O)O.c1ccc2ccccc2c1. The molecule has 1 aliphatic carbocycles. The Morgan fingerprint density at radius 1 is 0.921 bits per heavy atom. The Hall–Kier alpha value is -3.75.